The maximum Gasteiger partial charge on any atom is 0.320 e. The molecule has 0 aromatic heterocycles. The van der Waals surface area contributed by atoms with Crippen molar-refractivity contribution in [3.05, 3.63) is 0 Å². The molecule has 0 saturated carbocycles. The Hall–Kier alpha value is -1.06. The number of aliphatic hydroxyl groups is 4. The number of carboxylic acids is 1. The van der Waals surface area contributed by atoms with E-state index in [1.54, 1.807) is 0 Å². The number of hydrogen-bond acceptors (Lipinski definition) is 7. The summed E-state index contributed by atoms with van der Waals surface area (Å²) >= 11 is 0. The molecule has 0 saturated heterocycles. The van der Waals surface area contributed by atoms with Gasteiger partial charge in [0.25, 0.3) is 0 Å². The summed E-state index contributed by atoms with van der Waals surface area (Å²) in [4.78, 5) is 22.5. The molecule has 0 fully saturated rings. The molecular formula is C12H23NO7. The summed E-state index contributed by atoms with van der Waals surface area (Å²) in [6.45, 7) is 2.40. The molecule has 0 heterocycles. The Labute approximate surface area is 117 Å². The standard InChI is InChI=1S/C12H23NO7/c1-6(2)3-7(12(19)20)13-4-8(15)10(17)11(18)9(16)5-14/h6-7,9-11,13-14,16-18H,3-5H2,1-2H3,(H,19,20)/t7-,9-,10-,11-/m1/s1. The largest absolute Gasteiger partial charge is 0.480 e. The van der Waals surface area contributed by atoms with Crippen LogP contribution in [0.15, 0.2) is 0 Å². The van der Waals surface area contributed by atoms with Crippen LogP contribution >= 0.6 is 0 Å². The Morgan fingerprint density at radius 3 is 2.10 bits per heavy atom. The topological polar surface area (TPSA) is 147 Å². The van der Waals surface area contributed by atoms with Crippen molar-refractivity contribution in [2.75, 3.05) is 13.2 Å². The molecule has 0 spiro atoms. The first-order chi connectivity index (χ1) is 9.20. The maximum absolute atomic E-state index is 11.6. The van der Waals surface area contributed by atoms with Gasteiger partial charge in [-0.1, -0.05) is 13.8 Å². The van der Waals surface area contributed by atoms with E-state index >= 15 is 0 Å². The molecule has 8 heteroatoms. The van der Waals surface area contributed by atoms with E-state index in [9.17, 15) is 19.8 Å². The highest BCUT2D eigenvalue weighted by atomic mass is 16.4. The van der Waals surface area contributed by atoms with E-state index < -0.39 is 49.3 Å². The molecule has 0 amide bonds. The average Bonchev–Trinajstić information content (AvgIpc) is 2.39. The third-order valence-electron chi connectivity index (χ3n) is 2.76. The number of carbonyl (C=O) groups is 2. The van der Waals surface area contributed by atoms with Crippen molar-refractivity contribution >= 4 is 11.8 Å². The van der Waals surface area contributed by atoms with E-state index in [0.29, 0.717) is 6.42 Å². The van der Waals surface area contributed by atoms with Crippen molar-refractivity contribution < 1.29 is 35.1 Å². The summed E-state index contributed by atoms with van der Waals surface area (Å²) in [6, 6.07) is -0.939. The van der Waals surface area contributed by atoms with E-state index in [4.69, 9.17) is 15.3 Å². The van der Waals surface area contributed by atoms with Crippen LogP contribution in [0.5, 0.6) is 0 Å². The van der Waals surface area contributed by atoms with Crippen LogP contribution in [0.3, 0.4) is 0 Å². The minimum Gasteiger partial charge on any atom is -0.480 e. The summed E-state index contributed by atoms with van der Waals surface area (Å²) in [7, 11) is 0. The third kappa shape index (κ3) is 6.40. The van der Waals surface area contributed by atoms with E-state index in [0.717, 1.165) is 0 Å². The number of nitrogens with one attached hydrogen (secondary N) is 1. The molecule has 0 radical (unpaired) electrons. The molecule has 0 aliphatic rings. The lowest BCUT2D eigenvalue weighted by atomic mass is 10.0. The number of aliphatic carboxylic acids is 1. The van der Waals surface area contributed by atoms with E-state index in [1.165, 1.54) is 0 Å². The van der Waals surface area contributed by atoms with Crippen LogP contribution < -0.4 is 5.32 Å². The average molecular weight is 293 g/mol. The van der Waals surface area contributed by atoms with Crippen molar-refractivity contribution in [3.8, 4) is 0 Å². The predicted octanol–water partition coefficient (Wildman–Crippen LogP) is -2.28. The lowest BCUT2D eigenvalue weighted by Crippen LogP contribution is -2.49. The van der Waals surface area contributed by atoms with Crippen molar-refractivity contribution in [1.29, 1.82) is 0 Å². The van der Waals surface area contributed by atoms with Crippen LogP contribution in [0.1, 0.15) is 20.3 Å². The highest BCUT2D eigenvalue weighted by Crippen LogP contribution is 2.06. The second kappa shape index (κ2) is 8.98. The number of Topliss-reactive ketones (excluding diaryl/α,β-unsaturated/α-hetero) is 1. The SMILES string of the molecule is CC(C)C[C@@H](NCC(=O)[C@@H](O)[C@H](O)[C@H](O)CO)C(=O)O. The molecule has 0 aliphatic carbocycles. The normalized spacial score (nSPS) is 17.6. The number of aliphatic hydroxyl groups excluding tert-OH is 4. The van der Waals surface area contributed by atoms with Crippen LogP contribution in [0, 0.1) is 5.92 Å². The van der Waals surface area contributed by atoms with Gasteiger partial charge >= 0.3 is 5.97 Å². The first-order valence-electron chi connectivity index (χ1n) is 6.34. The number of carbonyl (C=O) groups excluding carboxylic acids is 1. The second-order valence-electron chi connectivity index (χ2n) is 5.05. The van der Waals surface area contributed by atoms with Crippen LogP contribution in [0.4, 0.5) is 0 Å². The smallest absolute Gasteiger partial charge is 0.320 e. The zero-order valence-corrected chi connectivity index (χ0v) is 11.6. The lowest BCUT2D eigenvalue weighted by Gasteiger charge is -2.22. The Morgan fingerprint density at radius 1 is 1.15 bits per heavy atom. The zero-order chi connectivity index (χ0) is 15.9. The zero-order valence-electron chi connectivity index (χ0n) is 11.6. The van der Waals surface area contributed by atoms with Gasteiger partial charge in [-0.3, -0.25) is 14.9 Å². The molecular weight excluding hydrogens is 270 g/mol. The number of ketones is 1. The Bertz CT molecular complexity index is 321. The Kier molecular flexibility index (Phi) is 8.51. The molecule has 20 heavy (non-hydrogen) atoms. The van der Waals surface area contributed by atoms with Crippen molar-refractivity contribution in [2.45, 2.75) is 44.6 Å². The molecule has 0 bridgehead atoms. The van der Waals surface area contributed by atoms with Crippen LogP contribution in [0.2, 0.25) is 0 Å². The fourth-order valence-corrected chi connectivity index (χ4v) is 1.58. The van der Waals surface area contributed by atoms with Gasteiger partial charge in [0.1, 0.15) is 24.4 Å². The molecule has 0 aromatic rings. The van der Waals surface area contributed by atoms with Crippen LogP contribution in [-0.4, -0.2) is 74.8 Å². The molecule has 0 unspecified atom stereocenters. The highest BCUT2D eigenvalue weighted by Gasteiger charge is 2.30. The molecule has 0 aromatic carbocycles. The van der Waals surface area contributed by atoms with Gasteiger partial charge in [0.15, 0.2) is 5.78 Å². The van der Waals surface area contributed by atoms with Crippen LogP contribution in [-0.2, 0) is 9.59 Å². The summed E-state index contributed by atoms with van der Waals surface area (Å²) in [5.74, 6) is -1.87. The van der Waals surface area contributed by atoms with E-state index in [-0.39, 0.29) is 5.92 Å². The van der Waals surface area contributed by atoms with Gasteiger partial charge < -0.3 is 25.5 Å². The fraction of sp³-hybridized carbons (Fsp3) is 0.833. The third-order valence-corrected chi connectivity index (χ3v) is 2.76. The van der Waals surface area contributed by atoms with Gasteiger partial charge in [-0.2, -0.15) is 0 Å². The molecule has 4 atom stereocenters. The minimum atomic E-state index is -1.89. The molecule has 6 N–H and O–H groups in total. The predicted molar refractivity (Wildman–Crippen MR) is 69.0 cm³/mol. The Morgan fingerprint density at radius 2 is 1.70 bits per heavy atom. The number of carboxylic acid groups (broad SMARTS) is 1. The minimum absolute atomic E-state index is 0.102. The Balaban J connectivity index is 4.41. The van der Waals surface area contributed by atoms with Gasteiger partial charge in [-0.15, -0.1) is 0 Å². The van der Waals surface area contributed by atoms with Crippen molar-refractivity contribution in [2.24, 2.45) is 5.92 Å². The van der Waals surface area contributed by atoms with E-state index in [1.807, 2.05) is 13.8 Å². The van der Waals surface area contributed by atoms with Crippen molar-refractivity contribution in [1.82, 2.24) is 5.32 Å². The van der Waals surface area contributed by atoms with Gasteiger partial charge in [0.2, 0.25) is 0 Å². The summed E-state index contributed by atoms with van der Waals surface area (Å²) in [6.07, 6.45) is -5.04. The van der Waals surface area contributed by atoms with Crippen molar-refractivity contribution in [3.63, 3.8) is 0 Å². The fourth-order valence-electron chi connectivity index (χ4n) is 1.58. The summed E-state index contributed by atoms with van der Waals surface area (Å²) in [5.41, 5.74) is 0. The quantitative estimate of drug-likeness (QED) is 0.264. The first kappa shape index (κ1) is 18.9. The van der Waals surface area contributed by atoms with Gasteiger partial charge in [0, 0.05) is 0 Å². The van der Waals surface area contributed by atoms with Gasteiger partial charge in [-0.05, 0) is 12.3 Å². The van der Waals surface area contributed by atoms with Gasteiger partial charge in [0.05, 0.1) is 13.2 Å². The molecule has 0 rings (SSSR count). The first-order valence-corrected chi connectivity index (χ1v) is 6.34. The van der Waals surface area contributed by atoms with Crippen LogP contribution in [0.25, 0.3) is 0 Å². The van der Waals surface area contributed by atoms with Gasteiger partial charge in [-0.25, -0.2) is 0 Å². The summed E-state index contributed by atoms with van der Waals surface area (Å²) < 4.78 is 0. The lowest BCUT2D eigenvalue weighted by molar-refractivity contribution is -0.141. The number of hydrogen-bond donors (Lipinski definition) is 6. The van der Waals surface area contributed by atoms with E-state index in [2.05, 4.69) is 5.32 Å². The second-order valence-corrected chi connectivity index (χ2v) is 5.05. The molecule has 8 nitrogen and oxygen atoms in total. The summed E-state index contributed by atoms with van der Waals surface area (Å²) in [5, 5.41) is 47.9. The number of rotatable bonds is 10. The molecule has 118 valence electrons. The highest BCUT2D eigenvalue weighted by molar-refractivity contribution is 5.86. The molecule has 0 aliphatic heterocycles. The maximum atomic E-state index is 11.6. The monoisotopic (exact) mass is 293 g/mol.